The summed E-state index contributed by atoms with van der Waals surface area (Å²) >= 11 is 0. The maximum Gasteiger partial charge on any atom is 0.257 e. The van der Waals surface area contributed by atoms with Crippen LogP contribution in [0.15, 0.2) is 48.8 Å². The normalized spacial score (nSPS) is 15.0. The quantitative estimate of drug-likeness (QED) is 0.864. The summed E-state index contributed by atoms with van der Waals surface area (Å²) < 4.78 is 1.79. The van der Waals surface area contributed by atoms with E-state index in [0.717, 1.165) is 31.5 Å². The molecule has 0 N–H and O–H groups in total. The average molecular weight is 281 g/mol. The second-order valence-electron chi connectivity index (χ2n) is 5.26. The third-order valence-electron chi connectivity index (χ3n) is 3.68. The zero-order valence-electron chi connectivity index (χ0n) is 12.0. The molecule has 1 aromatic carbocycles. The molecule has 1 aliphatic rings. The number of carbonyl (C=O) groups is 1. The van der Waals surface area contributed by atoms with Crippen molar-refractivity contribution in [2.75, 3.05) is 13.1 Å². The topological polar surface area (TPSA) is 38.1 Å². The van der Waals surface area contributed by atoms with Gasteiger partial charge in [0.1, 0.15) is 0 Å². The summed E-state index contributed by atoms with van der Waals surface area (Å²) in [7, 11) is 0. The van der Waals surface area contributed by atoms with E-state index in [4.69, 9.17) is 0 Å². The largest absolute Gasteiger partial charge is 0.339 e. The maximum atomic E-state index is 12.2. The van der Waals surface area contributed by atoms with Crippen molar-refractivity contribution in [3.8, 4) is 0 Å². The van der Waals surface area contributed by atoms with Crippen LogP contribution in [-0.2, 0) is 6.54 Å². The van der Waals surface area contributed by atoms with Gasteiger partial charge in [-0.2, -0.15) is 5.10 Å². The van der Waals surface area contributed by atoms with Crippen LogP contribution in [0.5, 0.6) is 0 Å². The fourth-order valence-corrected chi connectivity index (χ4v) is 2.54. The Morgan fingerprint density at radius 1 is 1.19 bits per heavy atom. The molecule has 108 valence electrons. The van der Waals surface area contributed by atoms with Crippen LogP contribution < -0.4 is 0 Å². The molecule has 2 heterocycles. The van der Waals surface area contributed by atoms with E-state index in [9.17, 15) is 4.79 Å². The third-order valence-corrected chi connectivity index (χ3v) is 3.68. The summed E-state index contributed by atoms with van der Waals surface area (Å²) in [5, 5.41) is 4.26. The van der Waals surface area contributed by atoms with Gasteiger partial charge < -0.3 is 4.90 Å². The standard InChI is InChI=1S/C17H19N3O/c21-17(19-10-4-5-11-19)16-13-18-20(14-16)12-6-9-15-7-2-1-3-8-15/h1-3,6-9,13-14H,4-5,10-12H2/b9-6+. The second-order valence-corrected chi connectivity index (χ2v) is 5.26. The number of nitrogens with zero attached hydrogens (tertiary/aromatic N) is 3. The Morgan fingerprint density at radius 2 is 1.95 bits per heavy atom. The van der Waals surface area contributed by atoms with Gasteiger partial charge in [0, 0.05) is 19.3 Å². The fraction of sp³-hybridized carbons (Fsp3) is 0.294. The van der Waals surface area contributed by atoms with E-state index >= 15 is 0 Å². The van der Waals surface area contributed by atoms with Crippen molar-refractivity contribution in [1.82, 2.24) is 14.7 Å². The van der Waals surface area contributed by atoms with Gasteiger partial charge in [-0.15, -0.1) is 0 Å². The summed E-state index contributed by atoms with van der Waals surface area (Å²) in [5.74, 6) is 0.103. The van der Waals surface area contributed by atoms with Gasteiger partial charge >= 0.3 is 0 Å². The SMILES string of the molecule is O=C(c1cnn(C/C=C/c2ccccc2)c1)N1CCCC1. The number of rotatable bonds is 4. The maximum absolute atomic E-state index is 12.2. The molecule has 21 heavy (non-hydrogen) atoms. The first kappa shape index (κ1) is 13.6. The molecule has 4 heteroatoms. The van der Waals surface area contributed by atoms with Gasteiger partial charge in [-0.05, 0) is 18.4 Å². The van der Waals surface area contributed by atoms with E-state index in [2.05, 4.69) is 23.3 Å². The van der Waals surface area contributed by atoms with Crippen LogP contribution in [0.25, 0.3) is 6.08 Å². The minimum absolute atomic E-state index is 0.103. The minimum Gasteiger partial charge on any atom is -0.339 e. The van der Waals surface area contributed by atoms with E-state index in [1.807, 2.05) is 35.4 Å². The molecule has 3 rings (SSSR count). The van der Waals surface area contributed by atoms with Crippen LogP contribution in [0.3, 0.4) is 0 Å². The Labute approximate surface area is 124 Å². The van der Waals surface area contributed by atoms with Gasteiger partial charge in [0.05, 0.1) is 18.3 Å². The number of allylic oxidation sites excluding steroid dienone is 1. The lowest BCUT2D eigenvalue weighted by Crippen LogP contribution is -2.27. The highest BCUT2D eigenvalue weighted by Gasteiger charge is 2.20. The van der Waals surface area contributed by atoms with Gasteiger partial charge in [0.2, 0.25) is 0 Å². The Hall–Kier alpha value is -2.36. The van der Waals surface area contributed by atoms with Crippen LogP contribution in [0.1, 0.15) is 28.8 Å². The molecule has 1 aromatic heterocycles. The number of aromatic nitrogens is 2. The van der Waals surface area contributed by atoms with Crippen molar-refractivity contribution in [2.24, 2.45) is 0 Å². The van der Waals surface area contributed by atoms with Gasteiger partial charge in [-0.1, -0.05) is 42.5 Å². The van der Waals surface area contributed by atoms with E-state index in [1.54, 1.807) is 10.9 Å². The first-order valence-electron chi connectivity index (χ1n) is 7.36. The predicted molar refractivity (Wildman–Crippen MR) is 82.8 cm³/mol. The lowest BCUT2D eigenvalue weighted by atomic mass is 10.2. The smallest absolute Gasteiger partial charge is 0.257 e. The Morgan fingerprint density at radius 3 is 2.71 bits per heavy atom. The highest BCUT2D eigenvalue weighted by molar-refractivity contribution is 5.93. The fourth-order valence-electron chi connectivity index (χ4n) is 2.54. The molecular formula is C17H19N3O. The van der Waals surface area contributed by atoms with Gasteiger partial charge in [-0.25, -0.2) is 0 Å². The molecule has 2 aromatic rings. The Balaban J connectivity index is 1.60. The number of carbonyl (C=O) groups excluding carboxylic acids is 1. The lowest BCUT2D eigenvalue weighted by molar-refractivity contribution is 0.0792. The van der Waals surface area contributed by atoms with Crippen LogP contribution in [0.4, 0.5) is 0 Å². The lowest BCUT2D eigenvalue weighted by Gasteiger charge is -2.13. The number of likely N-dealkylation sites (tertiary alicyclic amines) is 1. The zero-order chi connectivity index (χ0) is 14.5. The molecule has 0 radical (unpaired) electrons. The predicted octanol–water partition coefficient (Wildman–Crippen LogP) is 2.83. The molecule has 0 saturated carbocycles. The number of hydrogen-bond donors (Lipinski definition) is 0. The van der Waals surface area contributed by atoms with Crippen molar-refractivity contribution in [3.05, 3.63) is 59.9 Å². The summed E-state index contributed by atoms with van der Waals surface area (Å²) in [6.45, 7) is 2.41. The average Bonchev–Trinajstić information content (AvgIpc) is 3.19. The van der Waals surface area contributed by atoms with Crippen LogP contribution in [0, 0.1) is 0 Å². The molecule has 0 bridgehead atoms. The molecule has 1 fully saturated rings. The highest BCUT2D eigenvalue weighted by atomic mass is 16.2. The number of hydrogen-bond acceptors (Lipinski definition) is 2. The monoisotopic (exact) mass is 281 g/mol. The first-order chi connectivity index (χ1) is 10.3. The van der Waals surface area contributed by atoms with E-state index in [-0.39, 0.29) is 5.91 Å². The van der Waals surface area contributed by atoms with Crippen molar-refractivity contribution in [1.29, 1.82) is 0 Å². The first-order valence-corrected chi connectivity index (χ1v) is 7.36. The highest BCUT2D eigenvalue weighted by Crippen LogP contribution is 2.12. The van der Waals surface area contributed by atoms with Crippen molar-refractivity contribution < 1.29 is 4.79 Å². The second kappa shape index (κ2) is 6.39. The molecule has 1 amide bonds. The molecule has 0 atom stereocenters. The molecule has 1 aliphatic heterocycles. The Kier molecular flexibility index (Phi) is 4.15. The molecule has 4 nitrogen and oxygen atoms in total. The minimum atomic E-state index is 0.103. The van der Waals surface area contributed by atoms with Crippen LogP contribution in [-0.4, -0.2) is 33.7 Å². The number of benzene rings is 1. The van der Waals surface area contributed by atoms with Gasteiger partial charge in [0.25, 0.3) is 5.91 Å². The zero-order valence-corrected chi connectivity index (χ0v) is 12.0. The van der Waals surface area contributed by atoms with E-state index < -0.39 is 0 Å². The molecule has 1 saturated heterocycles. The third kappa shape index (κ3) is 3.40. The molecule has 0 unspecified atom stereocenters. The summed E-state index contributed by atoms with van der Waals surface area (Å²) in [6, 6.07) is 10.1. The van der Waals surface area contributed by atoms with Crippen LogP contribution >= 0.6 is 0 Å². The van der Waals surface area contributed by atoms with Crippen molar-refractivity contribution in [2.45, 2.75) is 19.4 Å². The summed E-state index contributed by atoms with van der Waals surface area (Å²) in [4.78, 5) is 14.1. The van der Waals surface area contributed by atoms with Crippen molar-refractivity contribution >= 4 is 12.0 Å². The summed E-state index contributed by atoms with van der Waals surface area (Å²) in [6.07, 6.45) is 9.82. The number of amides is 1. The molecule has 0 aliphatic carbocycles. The van der Waals surface area contributed by atoms with Crippen LogP contribution in [0.2, 0.25) is 0 Å². The van der Waals surface area contributed by atoms with E-state index in [0.29, 0.717) is 12.1 Å². The van der Waals surface area contributed by atoms with E-state index in [1.165, 1.54) is 0 Å². The van der Waals surface area contributed by atoms with Gasteiger partial charge in [-0.3, -0.25) is 9.48 Å². The molecular weight excluding hydrogens is 262 g/mol. The van der Waals surface area contributed by atoms with Gasteiger partial charge in [0.15, 0.2) is 0 Å². The summed E-state index contributed by atoms with van der Waals surface area (Å²) in [5.41, 5.74) is 1.85. The molecule has 0 spiro atoms. The Bertz CT molecular complexity index is 624. The van der Waals surface area contributed by atoms with Crippen molar-refractivity contribution in [3.63, 3.8) is 0 Å².